The van der Waals surface area contributed by atoms with Crippen molar-refractivity contribution in [2.45, 2.75) is 46.1 Å². The Morgan fingerprint density at radius 1 is 1.47 bits per heavy atom. The van der Waals surface area contributed by atoms with Crippen LogP contribution in [0.4, 0.5) is 0 Å². The molecule has 1 aliphatic carbocycles. The van der Waals surface area contributed by atoms with Crippen molar-refractivity contribution in [3.05, 3.63) is 0 Å². The number of hydrogen-bond donors (Lipinski definition) is 1. The third-order valence-electron chi connectivity index (χ3n) is 2.57. The van der Waals surface area contributed by atoms with Crippen LogP contribution < -0.4 is 5.32 Å². The average Bonchev–Trinajstić information content (AvgIpc) is 2.97. The van der Waals surface area contributed by atoms with E-state index >= 15 is 0 Å². The zero-order valence-electron chi connectivity index (χ0n) is 10.3. The number of carbonyl (C=O) groups excluding carboxylic acids is 1. The summed E-state index contributed by atoms with van der Waals surface area (Å²) in [6.45, 7) is 8.81. The molecule has 0 unspecified atom stereocenters. The van der Waals surface area contributed by atoms with Crippen molar-refractivity contribution < 1.29 is 4.79 Å². The Labute approximate surface area is 93.2 Å². The van der Waals surface area contributed by atoms with Crippen LogP contribution in [0.1, 0.15) is 40.0 Å². The van der Waals surface area contributed by atoms with Crippen LogP contribution in [0.15, 0.2) is 0 Å². The van der Waals surface area contributed by atoms with Gasteiger partial charge in [-0.2, -0.15) is 0 Å². The third kappa shape index (κ3) is 4.65. The number of nitrogens with zero attached hydrogens (tertiary/aromatic N) is 1. The molecule has 0 bridgehead atoms. The van der Waals surface area contributed by atoms with Crippen LogP contribution in [0.2, 0.25) is 0 Å². The van der Waals surface area contributed by atoms with Gasteiger partial charge in [-0.3, -0.25) is 4.79 Å². The van der Waals surface area contributed by atoms with Crippen LogP contribution in [0.3, 0.4) is 0 Å². The zero-order valence-corrected chi connectivity index (χ0v) is 10.3. The summed E-state index contributed by atoms with van der Waals surface area (Å²) in [6, 6.07) is 0.545. The first-order valence-corrected chi connectivity index (χ1v) is 6.15. The van der Waals surface area contributed by atoms with E-state index in [9.17, 15) is 4.79 Å². The molecule has 1 fully saturated rings. The highest BCUT2D eigenvalue weighted by atomic mass is 16.2. The Hall–Kier alpha value is -0.570. The second kappa shape index (κ2) is 6.11. The van der Waals surface area contributed by atoms with Gasteiger partial charge in [-0.1, -0.05) is 20.8 Å². The van der Waals surface area contributed by atoms with Crippen molar-refractivity contribution in [1.29, 1.82) is 0 Å². The van der Waals surface area contributed by atoms with Crippen LogP contribution in [0.5, 0.6) is 0 Å². The number of nitrogens with one attached hydrogen (secondary N) is 1. The Kier molecular flexibility index (Phi) is 5.09. The number of rotatable bonds is 7. The lowest BCUT2D eigenvalue weighted by Gasteiger charge is -2.24. The average molecular weight is 212 g/mol. The van der Waals surface area contributed by atoms with E-state index < -0.39 is 0 Å². The van der Waals surface area contributed by atoms with Crippen LogP contribution >= 0.6 is 0 Å². The minimum Gasteiger partial charge on any atom is -0.338 e. The zero-order chi connectivity index (χ0) is 11.3. The minimum atomic E-state index is 0.277. The molecular weight excluding hydrogens is 188 g/mol. The van der Waals surface area contributed by atoms with Crippen molar-refractivity contribution in [3.63, 3.8) is 0 Å². The van der Waals surface area contributed by atoms with Gasteiger partial charge < -0.3 is 10.2 Å². The Morgan fingerprint density at radius 3 is 2.60 bits per heavy atom. The second-order valence-electron chi connectivity index (χ2n) is 4.85. The topological polar surface area (TPSA) is 32.3 Å². The summed E-state index contributed by atoms with van der Waals surface area (Å²) < 4.78 is 0. The molecule has 0 aromatic carbocycles. The quantitative estimate of drug-likeness (QED) is 0.651. The summed E-state index contributed by atoms with van der Waals surface area (Å²) in [5.41, 5.74) is 0. The molecule has 1 rings (SSSR count). The summed E-state index contributed by atoms with van der Waals surface area (Å²) in [5, 5.41) is 3.18. The molecule has 1 saturated carbocycles. The smallest absolute Gasteiger partial charge is 0.236 e. The molecule has 88 valence electrons. The van der Waals surface area contributed by atoms with Crippen molar-refractivity contribution in [2.24, 2.45) is 5.92 Å². The monoisotopic (exact) mass is 212 g/mol. The molecule has 15 heavy (non-hydrogen) atoms. The Balaban J connectivity index is 2.30. The van der Waals surface area contributed by atoms with Gasteiger partial charge in [-0.25, -0.2) is 0 Å². The first-order valence-electron chi connectivity index (χ1n) is 6.15. The largest absolute Gasteiger partial charge is 0.338 e. The summed E-state index contributed by atoms with van der Waals surface area (Å²) >= 11 is 0. The van der Waals surface area contributed by atoms with Crippen molar-refractivity contribution in [3.8, 4) is 0 Å². The van der Waals surface area contributed by atoms with Gasteiger partial charge in [0.2, 0.25) is 5.91 Å². The standard InChI is InChI=1S/C12H24N2O/c1-4-7-13-8-12(15)14(9-10(2)3)11-5-6-11/h10-11,13H,4-9H2,1-3H3. The third-order valence-corrected chi connectivity index (χ3v) is 2.57. The van der Waals surface area contributed by atoms with Crippen LogP contribution in [-0.2, 0) is 4.79 Å². The fourth-order valence-electron chi connectivity index (χ4n) is 1.71. The Bertz CT molecular complexity index is 200. The van der Waals surface area contributed by atoms with E-state index in [1.165, 1.54) is 12.8 Å². The number of carbonyl (C=O) groups is 1. The van der Waals surface area contributed by atoms with Crippen LogP contribution in [-0.4, -0.2) is 36.5 Å². The van der Waals surface area contributed by atoms with E-state index in [-0.39, 0.29) is 5.91 Å². The number of hydrogen-bond acceptors (Lipinski definition) is 2. The van der Waals surface area contributed by atoms with E-state index in [1.54, 1.807) is 0 Å². The molecule has 0 spiro atoms. The highest BCUT2D eigenvalue weighted by molar-refractivity contribution is 5.78. The minimum absolute atomic E-state index is 0.277. The maximum Gasteiger partial charge on any atom is 0.236 e. The van der Waals surface area contributed by atoms with Gasteiger partial charge in [-0.05, 0) is 31.7 Å². The molecule has 0 aliphatic heterocycles. The first kappa shape index (κ1) is 12.5. The predicted octanol–water partition coefficient (Wildman–Crippen LogP) is 1.63. The summed E-state index contributed by atoms with van der Waals surface area (Å²) in [4.78, 5) is 14.0. The maximum atomic E-state index is 11.9. The van der Waals surface area contributed by atoms with Gasteiger partial charge in [0.15, 0.2) is 0 Å². The van der Waals surface area contributed by atoms with Gasteiger partial charge >= 0.3 is 0 Å². The molecule has 1 aliphatic rings. The van der Waals surface area contributed by atoms with Gasteiger partial charge in [0.1, 0.15) is 0 Å². The van der Waals surface area contributed by atoms with Crippen LogP contribution in [0.25, 0.3) is 0 Å². The molecule has 0 atom stereocenters. The van der Waals surface area contributed by atoms with E-state index in [4.69, 9.17) is 0 Å². The second-order valence-corrected chi connectivity index (χ2v) is 4.85. The van der Waals surface area contributed by atoms with E-state index in [2.05, 4.69) is 31.0 Å². The summed E-state index contributed by atoms with van der Waals surface area (Å²) in [5.74, 6) is 0.848. The molecule has 0 saturated heterocycles. The molecule has 0 aromatic heterocycles. The van der Waals surface area contributed by atoms with Gasteiger partial charge in [0.25, 0.3) is 0 Å². The summed E-state index contributed by atoms with van der Waals surface area (Å²) in [7, 11) is 0. The lowest BCUT2D eigenvalue weighted by Crippen LogP contribution is -2.41. The van der Waals surface area contributed by atoms with E-state index in [0.29, 0.717) is 18.5 Å². The first-order chi connectivity index (χ1) is 7.15. The molecule has 3 heteroatoms. The summed E-state index contributed by atoms with van der Waals surface area (Å²) in [6.07, 6.45) is 3.49. The molecule has 1 amide bonds. The molecular formula is C12H24N2O. The predicted molar refractivity (Wildman–Crippen MR) is 62.7 cm³/mol. The highest BCUT2D eigenvalue weighted by Gasteiger charge is 2.32. The molecule has 0 heterocycles. The highest BCUT2D eigenvalue weighted by Crippen LogP contribution is 2.27. The van der Waals surface area contributed by atoms with Crippen LogP contribution in [0, 0.1) is 5.92 Å². The van der Waals surface area contributed by atoms with Gasteiger partial charge in [-0.15, -0.1) is 0 Å². The Morgan fingerprint density at radius 2 is 2.13 bits per heavy atom. The lowest BCUT2D eigenvalue weighted by atomic mass is 10.2. The van der Waals surface area contributed by atoms with E-state index in [0.717, 1.165) is 19.5 Å². The van der Waals surface area contributed by atoms with Gasteiger partial charge in [0.05, 0.1) is 6.54 Å². The SMILES string of the molecule is CCCNCC(=O)N(CC(C)C)C1CC1. The molecule has 0 radical (unpaired) electrons. The van der Waals surface area contributed by atoms with Gasteiger partial charge in [0, 0.05) is 12.6 Å². The molecule has 3 nitrogen and oxygen atoms in total. The fraction of sp³-hybridized carbons (Fsp3) is 0.917. The molecule has 0 aromatic rings. The van der Waals surface area contributed by atoms with Crippen molar-refractivity contribution in [2.75, 3.05) is 19.6 Å². The maximum absolute atomic E-state index is 11.9. The van der Waals surface area contributed by atoms with Crippen molar-refractivity contribution >= 4 is 5.91 Å². The number of amides is 1. The van der Waals surface area contributed by atoms with E-state index in [1.807, 2.05) is 0 Å². The molecule has 1 N–H and O–H groups in total. The van der Waals surface area contributed by atoms with Crippen molar-refractivity contribution in [1.82, 2.24) is 10.2 Å². The lowest BCUT2D eigenvalue weighted by molar-refractivity contribution is -0.131. The fourth-order valence-corrected chi connectivity index (χ4v) is 1.71. The normalized spacial score (nSPS) is 15.7.